The monoisotopic (exact) mass is 286 g/mol. The van der Waals surface area contributed by atoms with Crippen LogP contribution < -0.4 is 11.1 Å². The third-order valence-corrected chi connectivity index (χ3v) is 3.58. The minimum absolute atomic E-state index is 0.0189. The van der Waals surface area contributed by atoms with Gasteiger partial charge in [0.15, 0.2) is 0 Å². The average Bonchev–Trinajstić information content (AvgIpc) is 2.88. The second kappa shape index (κ2) is 6.54. The molecule has 1 radical (unpaired) electrons. The number of fused-ring (bicyclic) bond motifs is 1. The molecular formula is C16H20N3O2. The van der Waals surface area contributed by atoms with Crippen molar-refractivity contribution >= 4 is 23.1 Å². The van der Waals surface area contributed by atoms with Crippen molar-refractivity contribution in [3.8, 4) is 0 Å². The lowest BCUT2D eigenvalue weighted by Crippen LogP contribution is -2.48. The van der Waals surface area contributed by atoms with Crippen LogP contribution in [0.5, 0.6) is 0 Å². The molecule has 5 heteroatoms. The van der Waals surface area contributed by atoms with Crippen LogP contribution in [0.1, 0.15) is 19.4 Å². The highest BCUT2D eigenvalue weighted by molar-refractivity contribution is 5.86. The lowest BCUT2D eigenvalue weighted by molar-refractivity contribution is -0.123. The van der Waals surface area contributed by atoms with E-state index in [1.54, 1.807) is 0 Å². The van der Waals surface area contributed by atoms with Crippen molar-refractivity contribution in [3.05, 3.63) is 36.0 Å². The van der Waals surface area contributed by atoms with Gasteiger partial charge in [-0.05, 0) is 17.5 Å². The number of hydrogen-bond donors (Lipinski definition) is 3. The van der Waals surface area contributed by atoms with Crippen LogP contribution in [0.3, 0.4) is 0 Å². The zero-order chi connectivity index (χ0) is 15.4. The summed E-state index contributed by atoms with van der Waals surface area (Å²) in [6, 6.07) is 6.50. The third kappa shape index (κ3) is 3.49. The number of rotatable bonds is 6. The van der Waals surface area contributed by atoms with Gasteiger partial charge in [-0.1, -0.05) is 32.0 Å². The van der Waals surface area contributed by atoms with Gasteiger partial charge >= 0.3 is 0 Å². The number of benzene rings is 1. The molecule has 4 N–H and O–H groups in total. The largest absolute Gasteiger partial charge is 0.361 e. The Morgan fingerprint density at radius 2 is 2.10 bits per heavy atom. The molecule has 2 aromatic rings. The highest BCUT2D eigenvalue weighted by Crippen LogP contribution is 2.18. The molecule has 0 bridgehead atoms. The third-order valence-electron chi connectivity index (χ3n) is 3.58. The Kier molecular flexibility index (Phi) is 4.75. The van der Waals surface area contributed by atoms with E-state index in [0.717, 1.165) is 16.5 Å². The summed E-state index contributed by atoms with van der Waals surface area (Å²) in [6.07, 6.45) is 4.12. The summed E-state index contributed by atoms with van der Waals surface area (Å²) < 4.78 is 0. The maximum absolute atomic E-state index is 11.9. The summed E-state index contributed by atoms with van der Waals surface area (Å²) in [7, 11) is 0. The molecule has 2 atom stereocenters. The van der Waals surface area contributed by atoms with Crippen LogP contribution in [-0.4, -0.2) is 29.3 Å². The van der Waals surface area contributed by atoms with E-state index >= 15 is 0 Å². The second-order valence-electron chi connectivity index (χ2n) is 5.51. The number of para-hydroxylation sites is 1. The molecule has 2 rings (SSSR count). The molecule has 1 aromatic heterocycles. The van der Waals surface area contributed by atoms with Gasteiger partial charge in [-0.15, -0.1) is 0 Å². The van der Waals surface area contributed by atoms with Crippen molar-refractivity contribution in [2.75, 3.05) is 0 Å². The molecule has 0 unspecified atom stereocenters. The van der Waals surface area contributed by atoms with Crippen molar-refractivity contribution < 1.29 is 9.59 Å². The van der Waals surface area contributed by atoms with E-state index in [4.69, 9.17) is 5.73 Å². The zero-order valence-corrected chi connectivity index (χ0v) is 12.2. The summed E-state index contributed by atoms with van der Waals surface area (Å²) in [5, 5.41) is 3.69. The molecule has 1 heterocycles. The number of carbonyl (C=O) groups excluding carboxylic acids is 2. The van der Waals surface area contributed by atoms with Gasteiger partial charge in [0.05, 0.1) is 12.1 Å². The fraction of sp³-hybridized carbons (Fsp3) is 0.375. The molecule has 0 saturated heterocycles. The molecule has 1 amide bonds. The fourth-order valence-corrected chi connectivity index (χ4v) is 2.21. The van der Waals surface area contributed by atoms with Crippen molar-refractivity contribution in [3.63, 3.8) is 0 Å². The van der Waals surface area contributed by atoms with E-state index in [-0.39, 0.29) is 11.8 Å². The van der Waals surface area contributed by atoms with Gasteiger partial charge in [-0.2, -0.15) is 0 Å². The van der Waals surface area contributed by atoms with E-state index in [0.29, 0.717) is 6.42 Å². The number of nitrogens with two attached hydrogens (primary N) is 1. The van der Waals surface area contributed by atoms with Crippen LogP contribution in [-0.2, 0) is 16.0 Å². The van der Waals surface area contributed by atoms with Crippen LogP contribution in [0.25, 0.3) is 10.9 Å². The van der Waals surface area contributed by atoms with Gasteiger partial charge in [0.2, 0.25) is 12.2 Å². The lowest BCUT2D eigenvalue weighted by atomic mass is 10.0. The first-order valence-electron chi connectivity index (χ1n) is 7.01. The van der Waals surface area contributed by atoms with Gasteiger partial charge in [0.25, 0.3) is 0 Å². The number of amides is 1. The van der Waals surface area contributed by atoms with E-state index in [1.807, 2.05) is 50.6 Å². The number of H-pyrrole nitrogens is 1. The maximum atomic E-state index is 11.9. The molecule has 0 aliphatic heterocycles. The fourth-order valence-electron chi connectivity index (χ4n) is 2.21. The van der Waals surface area contributed by atoms with Gasteiger partial charge in [0.1, 0.15) is 0 Å². The molecule has 1 aromatic carbocycles. The van der Waals surface area contributed by atoms with E-state index in [9.17, 15) is 9.59 Å². The summed E-state index contributed by atoms with van der Waals surface area (Å²) in [5.41, 5.74) is 7.75. The number of carbonyl (C=O) groups is 1. The zero-order valence-electron chi connectivity index (χ0n) is 12.2. The molecule has 0 aliphatic carbocycles. The smallest absolute Gasteiger partial charge is 0.237 e. The molecule has 21 heavy (non-hydrogen) atoms. The molecule has 5 nitrogen and oxygen atoms in total. The minimum atomic E-state index is -0.693. The second-order valence-corrected chi connectivity index (χ2v) is 5.51. The van der Waals surface area contributed by atoms with Crippen molar-refractivity contribution in [2.24, 2.45) is 11.7 Å². The normalized spacial score (nSPS) is 14.1. The maximum Gasteiger partial charge on any atom is 0.237 e. The van der Waals surface area contributed by atoms with Crippen molar-refractivity contribution in [1.82, 2.24) is 10.3 Å². The van der Waals surface area contributed by atoms with E-state index in [1.165, 1.54) is 0 Å². The Balaban J connectivity index is 2.09. The highest BCUT2D eigenvalue weighted by atomic mass is 16.2. The lowest BCUT2D eigenvalue weighted by Gasteiger charge is -2.18. The highest BCUT2D eigenvalue weighted by Gasteiger charge is 2.21. The van der Waals surface area contributed by atoms with Crippen LogP contribution in [0, 0.1) is 5.92 Å². The molecule has 0 saturated carbocycles. The summed E-state index contributed by atoms with van der Waals surface area (Å²) in [5.74, 6) is -0.302. The van der Waals surface area contributed by atoms with Gasteiger partial charge in [-0.25, -0.2) is 0 Å². The van der Waals surface area contributed by atoms with Crippen LogP contribution in [0.4, 0.5) is 0 Å². The first-order chi connectivity index (χ1) is 10.0. The number of nitrogens with one attached hydrogen (secondary N) is 2. The Bertz CT molecular complexity index is 633. The van der Waals surface area contributed by atoms with Gasteiger partial charge < -0.3 is 16.0 Å². The molecule has 0 spiro atoms. The Labute approximate surface area is 123 Å². The number of hydrogen-bond acceptors (Lipinski definition) is 3. The summed E-state index contributed by atoms with van der Waals surface area (Å²) >= 11 is 0. The first-order valence-corrected chi connectivity index (χ1v) is 7.01. The van der Waals surface area contributed by atoms with E-state index < -0.39 is 12.1 Å². The standard InChI is InChI=1S/C16H20N3O2/c1-10(2)15(17)16(21)19-12(9-20)7-11-8-18-14-6-4-3-5-13(11)14/h3-6,8,10,12,15,18H,7,17H2,1-2H3,(H,19,21)/t12-,15-/m0/s1. The topological polar surface area (TPSA) is 88.0 Å². The van der Waals surface area contributed by atoms with Crippen molar-refractivity contribution in [2.45, 2.75) is 32.4 Å². The minimum Gasteiger partial charge on any atom is -0.361 e. The Morgan fingerprint density at radius 1 is 1.38 bits per heavy atom. The average molecular weight is 286 g/mol. The molecule has 111 valence electrons. The molecule has 0 fully saturated rings. The Hall–Kier alpha value is -2.14. The molecule has 0 aliphatic rings. The summed E-state index contributed by atoms with van der Waals surface area (Å²) in [4.78, 5) is 26.2. The van der Waals surface area contributed by atoms with Crippen LogP contribution in [0.15, 0.2) is 30.5 Å². The number of aromatic amines is 1. The number of aromatic nitrogens is 1. The quantitative estimate of drug-likeness (QED) is 0.747. The predicted octanol–water partition coefficient (Wildman–Crippen LogP) is 1.29. The predicted molar refractivity (Wildman–Crippen MR) is 82.4 cm³/mol. The van der Waals surface area contributed by atoms with Gasteiger partial charge in [-0.3, -0.25) is 9.59 Å². The van der Waals surface area contributed by atoms with Crippen LogP contribution >= 0.6 is 0 Å². The van der Waals surface area contributed by atoms with Crippen LogP contribution in [0.2, 0.25) is 0 Å². The van der Waals surface area contributed by atoms with E-state index in [2.05, 4.69) is 10.3 Å². The van der Waals surface area contributed by atoms with Crippen molar-refractivity contribution in [1.29, 1.82) is 0 Å². The first kappa shape index (κ1) is 15.3. The van der Waals surface area contributed by atoms with Gasteiger partial charge in [0, 0.05) is 23.5 Å². The SMILES string of the molecule is CC(C)[C@H](N)C(=O)N[C@H]([C]=O)Cc1c[nH]c2ccccc12. The Morgan fingerprint density at radius 3 is 2.76 bits per heavy atom. The summed E-state index contributed by atoms with van der Waals surface area (Å²) in [6.45, 7) is 3.73. The molecular weight excluding hydrogens is 266 g/mol.